The number of aryl methyl sites for hydroxylation is 2. The molecule has 0 aliphatic heterocycles. The fourth-order valence-corrected chi connectivity index (χ4v) is 2.88. The van der Waals surface area contributed by atoms with Crippen molar-refractivity contribution in [3.8, 4) is 0 Å². The topological polar surface area (TPSA) is 17.8 Å². The Labute approximate surface area is 122 Å². The van der Waals surface area contributed by atoms with Crippen LogP contribution in [0.25, 0.3) is 11.0 Å². The predicted molar refractivity (Wildman–Crippen MR) is 81.7 cm³/mol. The van der Waals surface area contributed by atoms with Crippen molar-refractivity contribution in [2.45, 2.75) is 25.8 Å². The number of imidazole rings is 1. The average molecular weight is 301 g/mol. The predicted octanol–water partition coefficient (Wildman–Crippen LogP) is 4.10. The third-order valence-electron chi connectivity index (χ3n) is 3.09. The summed E-state index contributed by atoms with van der Waals surface area (Å²) in [7, 11) is 0. The van der Waals surface area contributed by atoms with Gasteiger partial charge in [0.2, 0.25) is 0 Å². The van der Waals surface area contributed by atoms with E-state index in [-0.39, 0.29) is 5.82 Å². The molecule has 0 saturated carbocycles. The lowest BCUT2D eigenvalue weighted by Gasteiger charge is -2.08. The number of hydrogen-bond donors (Lipinski definition) is 0. The molecular formula is C14H18ClFN2S. The molecule has 0 atom stereocenters. The quantitative estimate of drug-likeness (QED) is 0.566. The third-order valence-corrected chi connectivity index (χ3v) is 3.98. The number of aromatic nitrogens is 2. The van der Waals surface area contributed by atoms with E-state index < -0.39 is 0 Å². The molecule has 1 aromatic heterocycles. The lowest BCUT2D eigenvalue weighted by Crippen LogP contribution is -2.06. The minimum absolute atomic E-state index is 0.198. The van der Waals surface area contributed by atoms with Gasteiger partial charge in [-0.05, 0) is 37.0 Å². The number of alkyl halides is 1. The molecule has 0 amide bonds. The van der Waals surface area contributed by atoms with Crippen LogP contribution in [0, 0.1) is 5.82 Å². The Bertz CT molecular complexity index is 541. The molecule has 0 spiro atoms. The zero-order chi connectivity index (χ0) is 13.7. The van der Waals surface area contributed by atoms with Crippen LogP contribution in [0.15, 0.2) is 18.2 Å². The van der Waals surface area contributed by atoms with Crippen LogP contribution < -0.4 is 0 Å². The molecule has 0 aliphatic rings. The summed E-state index contributed by atoms with van der Waals surface area (Å²) in [6, 6.07) is 5.05. The van der Waals surface area contributed by atoms with E-state index in [1.165, 1.54) is 6.07 Å². The smallest absolute Gasteiger partial charge is 0.149 e. The summed E-state index contributed by atoms with van der Waals surface area (Å²) in [6.07, 6.45) is 4.95. The molecule has 5 heteroatoms. The highest BCUT2D eigenvalue weighted by atomic mass is 35.5. The second-order valence-corrected chi connectivity index (χ2v) is 5.79. The first kappa shape index (κ1) is 14.7. The van der Waals surface area contributed by atoms with Gasteiger partial charge in [0.25, 0.3) is 0 Å². The van der Waals surface area contributed by atoms with E-state index in [1.54, 1.807) is 6.07 Å². The maximum absolute atomic E-state index is 14.0. The molecule has 19 heavy (non-hydrogen) atoms. The highest BCUT2D eigenvalue weighted by Crippen LogP contribution is 2.21. The van der Waals surface area contributed by atoms with Crippen molar-refractivity contribution in [1.29, 1.82) is 0 Å². The van der Waals surface area contributed by atoms with Gasteiger partial charge in [0.15, 0.2) is 0 Å². The fraction of sp³-hybridized carbons (Fsp3) is 0.500. The zero-order valence-corrected chi connectivity index (χ0v) is 12.6. The van der Waals surface area contributed by atoms with Crippen LogP contribution in [0.1, 0.15) is 18.7 Å². The van der Waals surface area contributed by atoms with Crippen molar-refractivity contribution >= 4 is 34.4 Å². The summed E-state index contributed by atoms with van der Waals surface area (Å²) in [5.41, 5.74) is 1.34. The molecule has 2 nitrogen and oxygen atoms in total. The molecule has 0 bridgehead atoms. The molecule has 0 unspecified atom stereocenters. The molecule has 1 aromatic carbocycles. The van der Waals surface area contributed by atoms with Gasteiger partial charge in [-0.25, -0.2) is 9.37 Å². The molecule has 2 rings (SSSR count). The summed E-state index contributed by atoms with van der Waals surface area (Å²) in [6.45, 7) is 0.810. The van der Waals surface area contributed by atoms with Gasteiger partial charge in [0, 0.05) is 18.8 Å². The second-order valence-electron chi connectivity index (χ2n) is 4.43. The van der Waals surface area contributed by atoms with E-state index in [0.717, 1.165) is 36.5 Å². The molecule has 0 saturated heterocycles. The molecule has 0 N–H and O–H groups in total. The van der Waals surface area contributed by atoms with Gasteiger partial charge in [0.05, 0.1) is 5.52 Å². The lowest BCUT2D eigenvalue weighted by atomic mass is 10.3. The van der Waals surface area contributed by atoms with Crippen LogP contribution in [-0.4, -0.2) is 27.4 Å². The van der Waals surface area contributed by atoms with Crippen molar-refractivity contribution in [3.63, 3.8) is 0 Å². The second kappa shape index (κ2) is 7.15. The number of nitrogens with zero attached hydrogens (tertiary/aromatic N) is 2. The Kier molecular flexibility index (Phi) is 5.52. The van der Waals surface area contributed by atoms with Crippen LogP contribution in [0.3, 0.4) is 0 Å². The highest BCUT2D eigenvalue weighted by Gasteiger charge is 2.13. The van der Waals surface area contributed by atoms with E-state index in [9.17, 15) is 4.39 Å². The standard InChI is InChI=1S/C14H18ClFN2S/c1-19-10-3-2-9-18-13(7-8-15)17-12-6-4-5-11(16)14(12)18/h4-6H,2-3,7-10H2,1H3. The normalized spacial score (nSPS) is 11.3. The van der Waals surface area contributed by atoms with Gasteiger partial charge < -0.3 is 4.57 Å². The summed E-state index contributed by atoms with van der Waals surface area (Å²) < 4.78 is 16.0. The van der Waals surface area contributed by atoms with Crippen LogP contribution in [0.2, 0.25) is 0 Å². The van der Waals surface area contributed by atoms with Crippen LogP contribution in [0.5, 0.6) is 0 Å². The maximum atomic E-state index is 14.0. The molecule has 2 aromatic rings. The fourth-order valence-electron chi connectivity index (χ4n) is 2.22. The third kappa shape index (κ3) is 3.42. The first-order chi connectivity index (χ1) is 9.27. The van der Waals surface area contributed by atoms with E-state index in [0.29, 0.717) is 17.8 Å². The summed E-state index contributed by atoms with van der Waals surface area (Å²) in [4.78, 5) is 4.50. The van der Waals surface area contributed by atoms with Crippen molar-refractivity contribution < 1.29 is 4.39 Å². The first-order valence-electron chi connectivity index (χ1n) is 6.46. The van der Waals surface area contributed by atoms with Gasteiger partial charge in [-0.1, -0.05) is 6.07 Å². The van der Waals surface area contributed by atoms with Crippen molar-refractivity contribution in [3.05, 3.63) is 29.8 Å². The van der Waals surface area contributed by atoms with E-state index >= 15 is 0 Å². The Morgan fingerprint density at radius 3 is 2.95 bits per heavy atom. The van der Waals surface area contributed by atoms with Gasteiger partial charge in [-0.2, -0.15) is 11.8 Å². The van der Waals surface area contributed by atoms with Gasteiger partial charge in [0.1, 0.15) is 17.2 Å². The van der Waals surface area contributed by atoms with Crippen LogP contribution in [-0.2, 0) is 13.0 Å². The minimum Gasteiger partial charge on any atom is -0.326 e. The van der Waals surface area contributed by atoms with Crippen LogP contribution in [0.4, 0.5) is 4.39 Å². The summed E-state index contributed by atoms with van der Waals surface area (Å²) in [5.74, 6) is 2.34. The number of fused-ring (bicyclic) bond motifs is 1. The molecule has 104 valence electrons. The Morgan fingerprint density at radius 2 is 2.21 bits per heavy atom. The molecule has 0 radical (unpaired) electrons. The summed E-state index contributed by atoms with van der Waals surface area (Å²) in [5, 5.41) is 0. The van der Waals surface area contributed by atoms with Gasteiger partial charge in [-0.15, -0.1) is 11.6 Å². The van der Waals surface area contributed by atoms with E-state index in [1.807, 2.05) is 22.4 Å². The number of thioether (sulfide) groups is 1. The number of para-hydroxylation sites is 1. The van der Waals surface area contributed by atoms with E-state index in [2.05, 4.69) is 11.2 Å². The van der Waals surface area contributed by atoms with E-state index in [4.69, 9.17) is 11.6 Å². The SMILES string of the molecule is CSCCCCn1c(CCCl)nc2cccc(F)c21. The number of rotatable bonds is 7. The zero-order valence-electron chi connectivity index (χ0n) is 11.0. The Hall–Kier alpha value is -0.740. The number of hydrogen-bond acceptors (Lipinski definition) is 2. The van der Waals surface area contributed by atoms with Crippen molar-refractivity contribution in [2.24, 2.45) is 0 Å². The minimum atomic E-state index is -0.198. The summed E-state index contributed by atoms with van der Waals surface area (Å²) >= 11 is 7.65. The number of unbranched alkanes of at least 4 members (excludes halogenated alkanes) is 1. The highest BCUT2D eigenvalue weighted by molar-refractivity contribution is 7.98. The monoisotopic (exact) mass is 300 g/mol. The Morgan fingerprint density at radius 1 is 1.37 bits per heavy atom. The van der Waals surface area contributed by atoms with Crippen LogP contribution >= 0.6 is 23.4 Å². The largest absolute Gasteiger partial charge is 0.326 e. The Balaban J connectivity index is 2.28. The maximum Gasteiger partial charge on any atom is 0.149 e. The van der Waals surface area contributed by atoms with Crippen molar-refractivity contribution in [2.75, 3.05) is 17.9 Å². The van der Waals surface area contributed by atoms with Gasteiger partial charge in [-0.3, -0.25) is 0 Å². The lowest BCUT2D eigenvalue weighted by molar-refractivity contribution is 0.593. The van der Waals surface area contributed by atoms with Crippen molar-refractivity contribution in [1.82, 2.24) is 9.55 Å². The first-order valence-corrected chi connectivity index (χ1v) is 8.39. The van der Waals surface area contributed by atoms with Gasteiger partial charge >= 0.3 is 0 Å². The average Bonchev–Trinajstić information content (AvgIpc) is 2.74. The molecular weight excluding hydrogens is 283 g/mol. The number of benzene rings is 1. The number of halogens is 2. The molecule has 0 fully saturated rings. The molecule has 0 aliphatic carbocycles. The molecule has 1 heterocycles.